The second-order valence-electron chi connectivity index (χ2n) is 14.9. The highest BCUT2D eigenvalue weighted by atomic mass is 16.6. The van der Waals surface area contributed by atoms with Crippen molar-refractivity contribution in [3.05, 3.63) is 85.1 Å². The molecule has 0 aliphatic carbocycles. The molecule has 0 radical (unpaired) electrons. The molecule has 0 saturated carbocycles. The van der Waals surface area contributed by atoms with Crippen molar-refractivity contribution in [3.8, 4) is 0 Å². The second-order valence-corrected chi connectivity index (χ2v) is 14.9. The Kier molecular flexibility index (Phi) is 44.0. The van der Waals surface area contributed by atoms with Crippen LogP contribution in [0.4, 0.5) is 0 Å². The fourth-order valence-electron chi connectivity index (χ4n) is 5.99. The van der Waals surface area contributed by atoms with Gasteiger partial charge in [0.25, 0.3) is 0 Å². The molecule has 0 aromatic rings. The summed E-state index contributed by atoms with van der Waals surface area (Å²) < 4.78 is 17.1. The Balaban J connectivity index is 4.19. The van der Waals surface area contributed by atoms with E-state index in [9.17, 15) is 9.59 Å². The molecule has 0 bridgehead atoms. The van der Waals surface area contributed by atoms with E-state index in [-0.39, 0.29) is 25.2 Å². The molecular weight excluding hydrogens is 693 g/mol. The van der Waals surface area contributed by atoms with E-state index in [1.165, 1.54) is 70.6 Å². The number of carbonyl (C=O) groups is 2. The van der Waals surface area contributed by atoms with E-state index in [2.05, 4.69) is 106 Å². The lowest BCUT2D eigenvalue weighted by atomic mass is 10.1. The number of esters is 2. The highest BCUT2D eigenvalue weighted by Gasteiger charge is 2.17. The Bertz CT molecular complexity index is 1060. The molecule has 5 heteroatoms. The van der Waals surface area contributed by atoms with Crippen LogP contribution in [-0.2, 0) is 23.8 Å². The molecule has 0 heterocycles. The first-order chi connectivity index (χ1) is 27.6. The summed E-state index contributed by atoms with van der Waals surface area (Å²) in [4.78, 5) is 25.0. The van der Waals surface area contributed by atoms with Crippen LogP contribution in [0.3, 0.4) is 0 Å². The predicted molar refractivity (Wildman–Crippen MR) is 242 cm³/mol. The van der Waals surface area contributed by atoms with Crippen LogP contribution < -0.4 is 0 Å². The standard InChI is InChI=1S/C51H86O5/c1-4-7-10-13-15-17-19-21-23-24-25-26-27-29-31-33-35-37-40-43-46-54-47-49(56-51(53)45-42-38-12-9-6-3)48-55-50(52)44-41-39-36-34-32-30-28-22-20-18-16-14-11-8-5-2/h7,10,15,17,21-23,25-26,28-29,31,35,37,49H,4-6,8-9,11-14,16,18-20,24,27,30,32-34,36,38-48H2,1-3H3/b10-7-,17-15-,23-21-,26-25-,28-22-,31-29-,37-35-. The van der Waals surface area contributed by atoms with Gasteiger partial charge in [-0.25, -0.2) is 0 Å². The fourth-order valence-corrected chi connectivity index (χ4v) is 5.99. The first-order valence-corrected chi connectivity index (χ1v) is 23.1. The third kappa shape index (κ3) is 43.8. The lowest BCUT2D eigenvalue weighted by Gasteiger charge is -2.18. The monoisotopic (exact) mass is 779 g/mol. The van der Waals surface area contributed by atoms with Gasteiger partial charge in [0.05, 0.1) is 6.61 Å². The van der Waals surface area contributed by atoms with Gasteiger partial charge < -0.3 is 14.2 Å². The number of hydrogen-bond donors (Lipinski definition) is 0. The van der Waals surface area contributed by atoms with Gasteiger partial charge in [-0.1, -0.05) is 183 Å². The molecule has 0 spiro atoms. The van der Waals surface area contributed by atoms with E-state index < -0.39 is 6.10 Å². The molecular formula is C51H86O5. The maximum Gasteiger partial charge on any atom is 0.306 e. The average Bonchev–Trinajstić information content (AvgIpc) is 3.20. The molecule has 56 heavy (non-hydrogen) atoms. The molecule has 0 N–H and O–H groups in total. The van der Waals surface area contributed by atoms with Gasteiger partial charge in [-0.15, -0.1) is 0 Å². The lowest BCUT2D eigenvalue weighted by molar-refractivity contribution is -0.163. The summed E-state index contributed by atoms with van der Waals surface area (Å²) in [6.45, 7) is 7.47. The molecule has 0 aliphatic heterocycles. The Hall–Kier alpha value is -2.92. The average molecular weight is 779 g/mol. The Morgan fingerprint density at radius 2 is 0.804 bits per heavy atom. The lowest BCUT2D eigenvalue weighted by Crippen LogP contribution is -2.30. The van der Waals surface area contributed by atoms with Gasteiger partial charge in [-0.2, -0.15) is 0 Å². The first-order valence-electron chi connectivity index (χ1n) is 23.1. The SMILES string of the molecule is CC/C=C\C/C=C\C/C=C\C/C=C\C/C=C\C/C=C\CCCOCC(COC(=O)CCCCCCC/C=C\CCCCCCCC)OC(=O)CCCCCCC. The van der Waals surface area contributed by atoms with Crippen molar-refractivity contribution in [2.45, 2.75) is 207 Å². The molecule has 0 rings (SSSR count). The quantitative estimate of drug-likeness (QED) is 0.0351. The van der Waals surface area contributed by atoms with Gasteiger partial charge >= 0.3 is 11.9 Å². The molecule has 1 atom stereocenters. The van der Waals surface area contributed by atoms with Crippen molar-refractivity contribution < 1.29 is 23.8 Å². The van der Waals surface area contributed by atoms with Gasteiger partial charge in [0.2, 0.25) is 0 Å². The van der Waals surface area contributed by atoms with Crippen molar-refractivity contribution in [2.75, 3.05) is 19.8 Å². The molecule has 1 unspecified atom stereocenters. The van der Waals surface area contributed by atoms with Crippen molar-refractivity contribution in [1.29, 1.82) is 0 Å². The summed E-state index contributed by atoms with van der Waals surface area (Å²) in [5, 5.41) is 0. The topological polar surface area (TPSA) is 61.8 Å². The predicted octanol–water partition coefficient (Wildman–Crippen LogP) is 15.3. The molecule has 320 valence electrons. The van der Waals surface area contributed by atoms with Gasteiger partial charge in [-0.05, 0) is 89.9 Å². The summed E-state index contributed by atoms with van der Waals surface area (Å²) in [7, 11) is 0. The molecule has 0 aromatic carbocycles. The van der Waals surface area contributed by atoms with Gasteiger partial charge in [-0.3, -0.25) is 9.59 Å². The minimum atomic E-state index is -0.568. The van der Waals surface area contributed by atoms with Crippen LogP contribution in [0.15, 0.2) is 85.1 Å². The molecule has 0 aromatic heterocycles. The number of rotatable bonds is 41. The third-order valence-corrected chi connectivity index (χ3v) is 9.42. The summed E-state index contributed by atoms with van der Waals surface area (Å²) >= 11 is 0. The largest absolute Gasteiger partial charge is 0.462 e. The Labute approximate surface area is 346 Å². The van der Waals surface area contributed by atoms with Crippen LogP contribution in [0.25, 0.3) is 0 Å². The van der Waals surface area contributed by atoms with Gasteiger partial charge in [0.1, 0.15) is 6.61 Å². The van der Waals surface area contributed by atoms with E-state index in [0.717, 1.165) is 96.3 Å². The van der Waals surface area contributed by atoms with Crippen molar-refractivity contribution in [2.24, 2.45) is 0 Å². The Morgan fingerprint density at radius 3 is 1.30 bits per heavy atom. The zero-order valence-electron chi connectivity index (χ0n) is 36.6. The fraction of sp³-hybridized carbons (Fsp3) is 0.686. The van der Waals surface area contributed by atoms with E-state index in [1.54, 1.807) is 0 Å². The zero-order chi connectivity index (χ0) is 40.7. The summed E-state index contributed by atoms with van der Waals surface area (Å²) in [6.07, 6.45) is 60.5. The first kappa shape index (κ1) is 53.1. The summed E-state index contributed by atoms with van der Waals surface area (Å²) in [5.74, 6) is -0.456. The van der Waals surface area contributed by atoms with Crippen LogP contribution >= 0.6 is 0 Å². The Morgan fingerprint density at radius 1 is 0.411 bits per heavy atom. The number of unbranched alkanes of at least 4 members (excludes halogenated alkanes) is 16. The van der Waals surface area contributed by atoms with Gasteiger partial charge in [0, 0.05) is 19.4 Å². The normalized spacial score (nSPS) is 13.0. The summed E-state index contributed by atoms with van der Waals surface area (Å²) in [6, 6.07) is 0. The minimum Gasteiger partial charge on any atom is -0.462 e. The van der Waals surface area contributed by atoms with Crippen molar-refractivity contribution in [3.63, 3.8) is 0 Å². The number of allylic oxidation sites excluding steroid dienone is 14. The van der Waals surface area contributed by atoms with Crippen LogP contribution in [0.2, 0.25) is 0 Å². The van der Waals surface area contributed by atoms with Crippen LogP contribution in [0, 0.1) is 0 Å². The maximum absolute atomic E-state index is 12.5. The van der Waals surface area contributed by atoms with Gasteiger partial charge in [0.15, 0.2) is 6.10 Å². The highest BCUT2D eigenvalue weighted by Crippen LogP contribution is 2.12. The third-order valence-electron chi connectivity index (χ3n) is 9.42. The number of ether oxygens (including phenoxy) is 3. The van der Waals surface area contributed by atoms with Crippen LogP contribution in [-0.4, -0.2) is 37.9 Å². The molecule has 0 aliphatic rings. The van der Waals surface area contributed by atoms with E-state index >= 15 is 0 Å². The number of hydrogen-bond acceptors (Lipinski definition) is 5. The highest BCUT2D eigenvalue weighted by molar-refractivity contribution is 5.70. The van der Waals surface area contributed by atoms with E-state index in [1.807, 2.05) is 0 Å². The van der Waals surface area contributed by atoms with Crippen LogP contribution in [0.1, 0.15) is 201 Å². The minimum absolute atomic E-state index is 0.0542. The second kappa shape index (κ2) is 46.5. The van der Waals surface area contributed by atoms with Crippen molar-refractivity contribution >= 4 is 11.9 Å². The number of carbonyl (C=O) groups excluding carboxylic acids is 2. The van der Waals surface area contributed by atoms with Crippen LogP contribution in [0.5, 0.6) is 0 Å². The summed E-state index contributed by atoms with van der Waals surface area (Å²) in [5.41, 5.74) is 0. The van der Waals surface area contributed by atoms with E-state index in [0.29, 0.717) is 19.4 Å². The van der Waals surface area contributed by atoms with Crippen molar-refractivity contribution in [1.82, 2.24) is 0 Å². The zero-order valence-corrected chi connectivity index (χ0v) is 36.6. The molecule has 0 amide bonds. The smallest absolute Gasteiger partial charge is 0.306 e. The maximum atomic E-state index is 12.5. The van der Waals surface area contributed by atoms with E-state index in [4.69, 9.17) is 14.2 Å². The molecule has 0 fully saturated rings. The molecule has 0 saturated heterocycles. The molecule has 5 nitrogen and oxygen atoms in total.